The fourth-order valence-electron chi connectivity index (χ4n) is 3.41. The molecule has 6 nitrogen and oxygen atoms in total. The third-order valence-corrected chi connectivity index (χ3v) is 4.84. The lowest BCUT2D eigenvalue weighted by molar-refractivity contribution is -0.162. The van der Waals surface area contributed by atoms with E-state index in [-0.39, 0.29) is 25.0 Å². The molecule has 2 atom stereocenters. The van der Waals surface area contributed by atoms with Crippen LogP contribution in [0.5, 0.6) is 0 Å². The van der Waals surface area contributed by atoms with Crippen molar-refractivity contribution in [2.24, 2.45) is 0 Å². The van der Waals surface area contributed by atoms with Gasteiger partial charge in [0.05, 0.1) is 12.6 Å². The first-order valence-corrected chi connectivity index (χ1v) is 9.58. The summed E-state index contributed by atoms with van der Waals surface area (Å²) < 4.78 is 5.77. The van der Waals surface area contributed by atoms with Gasteiger partial charge < -0.3 is 20.1 Å². The molecule has 2 aromatic carbocycles. The third kappa shape index (κ3) is 4.77. The van der Waals surface area contributed by atoms with Crippen molar-refractivity contribution in [3.8, 4) is 0 Å². The predicted octanol–water partition coefficient (Wildman–Crippen LogP) is 2.89. The molecule has 0 radical (unpaired) electrons. The van der Waals surface area contributed by atoms with E-state index in [4.69, 9.17) is 4.74 Å². The van der Waals surface area contributed by atoms with Crippen LogP contribution in [0, 0.1) is 0 Å². The molecular weight excluding hydrogens is 356 g/mol. The number of rotatable bonds is 7. The molecule has 3 rings (SSSR count). The number of carbonyl (C=O) groups is 2. The summed E-state index contributed by atoms with van der Waals surface area (Å²) in [6.07, 6.45) is 0.853. The van der Waals surface area contributed by atoms with Gasteiger partial charge in [-0.05, 0) is 29.7 Å². The lowest BCUT2D eigenvalue weighted by atomic mass is 9.98. The van der Waals surface area contributed by atoms with Crippen molar-refractivity contribution >= 4 is 17.5 Å². The van der Waals surface area contributed by atoms with Crippen molar-refractivity contribution in [2.45, 2.75) is 38.5 Å². The van der Waals surface area contributed by atoms with Gasteiger partial charge in [0.25, 0.3) is 0 Å². The Morgan fingerprint density at radius 2 is 1.89 bits per heavy atom. The van der Waals surface area contributed by atoms with Gasteiger partial charge in [-0.3, -0.25) is 9.59 Å². The van der Waals surface area contributed by atoms with Crippen molar-refractivity contribution in [3.05, 3.63) is 65.7 Å². The van der Waals surface area contributed by atoms with E-state index in [9.17, 15) is 14.7 Å². The molecule has 6 heteroatoms. The fraction of sp³-hybridized carbons (Fsp3) is 0.364. The fourth-order valence-corrected chi connectivity index (χ4v) is 3.41. The van der Waals surface area contributed by atoms with Gasteiger partial charge in [-0.2, -0.15) is 0 Å². The molecule has 1 fully saturated rings. The van der Waals surface area contributed by atoms with Crippen molar-refractivity contribution in [3.63, 3.8) is 0 Å². The Hall–Kier alpha value is -2.70. The number of ether oxygens (including phenoxy) is 1. The minimum atomic E-state index is -0.470. The van der Waals surface area contributed by atoms with E-state index >= 15 is 0 Å². The highest BCUT2D eigenvalue weighted by molar-refractivity contribution is 5.90. The summed E-state index contributed by atoms with van der Waals surface area (Å²) in [5.41, 5.74) is 2.58. The van der Waals surface area contributed by atoms with Crippen molar-refractivity contribution in [1.82, 2.24) is 4.90 Å². The Labute approximate surface area is 165 Å². The van der Waals surface area contributed by atoms with Crippen LogP contribution in [0.1, 0.15) is 37.0 Å². The van der Waals surface area contributed by atoms with Gasteiger partial charge in [0, 0.05) is 18.7 Å². The van der Waals surface area contributed by atoms with Gasteiger partial charge in [-0.1, -0.05) is 49.4 Å². The van der Waals surface area contributed by atoms with Gasteiger partial charge in [0.2, 0.25) is 11.8 Å². The number of anilines is 1. The molecule has 0 aromatic heterocycles. The minimum absolute atomic E-state index is 0.0166. The van der Waals surface area contributed by atoms with Crippen molar-refractivity contribution < 1.29 is 19.4 Å². The standard InChI is InChI=1S/C22H26N2O4/c1-2-6-20(26)23-18-11-9-17(10-12-18)22-19(14-25)24(21(27)15-28-22)13-16-7-4-3-5-8-16/h3-5,7-12,19,22,25H,2,6,13-15H2,1H3,(H,23,26)/t19-,22-/m1/s1. The second-order valence-corrected chi connectivity index (χ2v) is 6.91. The number of benzene rings is 2. The topological polar surface area (TPSA) is 78.9 Å². The number of amides is 2. The molecular formula is C22H26N2O4. The SMILES string of the molecule is CCCC(=O)Nc1ccc([C@H]2OCC(=O)N(Cc3ccccc3)[C@@H]2CO)cc1. The van der Waals surface area contributed by atoms with Crippen LogP contribution in [0.15, 0.2) is 54.6 Å². The molecule has 1 aliphatic heterocycles. The maximum atomic E-state index is 12.4. The normalized spacial score (nSPS) is 19.5. The largest absolute Gasteiger partial charge is 0.394 e. The highest BCUT2D eigenvalue weighted by atomic mass is 16.5. The van der Waals surface area contributed by atoms with Gasteiger partial charge in [0.1, 0.15) is 12.7 Å². The molecule has 0 aliphatic carbocycles. The van der Waals surface area contributed by atoms with E-state index < -0.39 is 12.1 Å². The number of nitrogens with one attached hydrogen (secondary N) is 1. The summed E-state index contributed by atoms with van der Waals surface area (Å²) in [6, 6.07) is 16.6. The zero-order chi connectivity index (χ0) is 19.9. The van der Waals surface area contributed by atoms with Crippen molar-refractivity contribution in [1.29, 1.82) is 0 Å². The summed E-state index contributed by atoms with van der Waals surface area (Å²) in [5.74, 6) is -0.153. The average Bonchev–Trinajstić information content (AvgIpc) is 2.71. The lowest BCUT2D eigenvalue weighted by Gasteiger charge is -2.40. The zero-order valence-electron chi connectivity index (χ0n) is 16.0. The first kappa shape index (κ1) is 20.0. The molecule has 1 aliphatic rings. The molecule has 0 bridgehead atoms. The van der Waals surface area contributed by atoms with Gasteiger partial charge in [0.15, 0.2) is 0 Å². The summed E-state index contributed by atoms with van der Waals surface area (Å²) in [6.45, 7) is 2.16. The van der Waals surface area contributed by atoms with Crippen LogP contribution in [0.4, 0.5) is 5.69 Å². The van der Waals surface area contributed by atoms with Crippen LogP contribution in [-0.2, 0) is 20.9 Å². The zero-order valence-corrected chi connectivity index (χ0v) is 16.0. The Kier molecular flexibility index (Phi) is 6.79. The van der Waals surface area contributed by atoms with Crippen LogP contribution < -0.4 is 5.32 Å². The summed E-state index contributed by atoms with van der Waals surface area (Å²) in [5, 5.41) is 12.8. The van der Waals surface area contributed by atoms with Gasteiger partial charge in [-0.15, -0.1) is 0 Å². The maximum Gasteiger partial charge on any atom is 0.249 e. The van der Waals surface area contributed by atoms with Gasteiger partial charge in [-0.25, -0.2) is 0 Å². The number of aliphatic hydroxyl groups is 1. The summed E-state index contributed by atoms with van der Waals surface area (Å²) in [7, 11) is 0. The number of hydrogen-bond acceptors (Lipinski definition) is 4. The van der Waals surface area contributed by atoms with E-state index in [0.29, 0.717) is 13.0 Å². The van der Waals surface area contributed by atoms with Gasteiger partial charge >= 0.3 is 0 Å². The third-order valence-electron chi connectivity index (χ3n) is 4.84. The number of carbonyl (C=O) groups excluding carboxylic acids is 2. The van der Waals surface area contributed by atoms with E-state index in [2.05, 4.69) is 5.32 Å². The van der Waals surface area contributed by atoms with Crippen LogP contribution in [0.25, 0.3) is 0 Å². The van der Waals surface area contributed by atoms with Crippen LogP contribution in [0.2, 0.25) is 0 Å². The van der Waals surface area contributed by atoms with Crippen molar-refractivity contribution in [2.75, 3.05) is 18.5 Å². The smallest absolute Gasteiger partial charge is 0.249 e. The number of morpholine rings is 1. The Morgan fingerprint density at radius 1 is 1.18 bits per heavy atom. The first-order valence-electron chi connectivity index (χ1n) is 9.58. The van der Waals surface area contributed by atoms with E-state index in [1.54, 1.807) is 4.90 Å². The molecule has 148 valence electrons. The molecule has 28 heavy (non-hydrogen) atoms. The number of nitrogens with zero attached hydrogens (tertiary/aromatic N) is 1. The minimum Gasteiger partial charge on any atom is -0.394 e. The number of aliphatic hydroxyl groups excluding tert-OH is 1. The molecule has 1 saturated heterocycles. The monoisotopic (exact) mass is 382 g/mol. The second kappa shape index (κ2) is 9.48. The van der Waals surface area contributed by atoms with E-state index in [0.717, 1.165) is 23.2 Å². The van der Waals surface area contributed by atoms with E-state index in [1.807, 2.05) is 61.5 Å². The quantitative estimate of drug-likeness (QED) is 0.772. The summed E-state index contributed by atoms with van der Waals surface area (Å²) >= 11 is 0. The highest BCUT2D eigenvalue weighted by Gasteiger charge is 2.37. The Balaban J connectivity index is 1.75. The van der Waals surface area contributed by atoms with Crippen LogP contribution in [-0.4, -0.2) is 41.1 Å². The molecule has 2 N–H and O–H groups in total. The van der Waals surface area contributed by atoms with Crippen LogP contribution in [0.3, 0.4) is 0 Å². The molecule has 1 heterocycles. The van der Waals surface area contributed by atoms with Crippen LogP contribution >= 0.6 is 0 Å². The Bertz CT molecular complexity index is 792. The maximum absolute atomic E-state index is 12.4. The Morgan fingerprint density at radius 3 is 2.54 bits per heavy atom. The molecule has 2 amide bonds. The number of hydrogen-bond donors (Lipinski definition) is 2. The predicted molar refractivity (Wildman–Crippen MR) is 107 cm³/mol. The highest BCUT2D eigenvalue weighted by Crippen LogP contribution is 2.30. The van der Waals surface area contributed by atoms with E-state index in [1.165, 1.54) is 0 Å². The molecule has 0 unspecified atom stereocenters. The lowest BCUT2D eigenvalue weighted by Crippen LogP contribution is -2.52. The first-order chi connectivity index (χ1) is 13.6. The molecule has 0 spiro atoms. The average molecular weight is 382 g/mol. The molecule has 0 saturated carbocycles. The molecule has 2 aromatic rings. The summed E-state index contributed by atoms with van der Waals surface area (Å²) in [4.78, 5) is 25.8. The second-order valence-electron chi connectivity index (χ2n) is 6.91.